The molecule has 0 aliphatic heterocycles. The Labute approximate surface area is 102 Å². The summed E-state index contributed by atoms with van der Waals surface area (Å²) in [5, 5.41) is 10.4. The monoisotopic (exact) mass is 236 g/mol. The molecule has 1 saturated carbocycles. The molecule has 0 amide bonds. The second kappa shape index (κ2) is 5.07. The molecule has 1 aliphatic rings. The predicted octanol–water partition coefficient (Wildman–Crippen LogP) is 2.46. The van der Waals surface area contributed by atoms with E-state index in [2.05, 4.69) is 0 Å². The number of methoxy groups -OCH3 is 2. The van der Waals surface area contributed by atoms with Gasteiger partial charge in [0.1, 0.15) is 11.9 Å². The molecule has 0 saturated heterocycles. The fraction of sp³-hybridized carbons (Fsp3) is 0.571. The van der Waals surface area contributed by atoms with E-state index in [9.17, 15) is 5.11 Å². The van der Waals surface area contributed by atoms with Crippen LogP contribution in [0.3, 0.4) is 0 Å². The molecule has 2 rings (SSSR count). The van der Waals surface area contributed by atoms with Gasteiger partial charge in [0.25, 0.3) is 0 Å². The smallest absolute Gasteiger partial charge is 0.119 e. The molecule has 1 aliphatic carbocycles. The molecule has 1 N–H and O–H groups in total. The van der Waals surface area contributed by atoms with Crippen LogP contribution < -0.4 is 4.74 Å². The van der Waals surface area contributed by atoms with Crippen LogP contribution in [-0.4, -0.2) is 25.4 Å². The van der Waals surface area contributed by atoms with Crippen molar-refractivity contribution in [1.82, 2.24) is 0 Å². The van der Waals surface area contributed by atoms with E-state index >= 15 is 0 Å². The molecule has 1 aromatic carbocycles. The minimum Gasteiger partial charge on any atom is -0.497 e. The van der Waals surface area contributed by atoms with Crippen molar-refractivity contribution in [2.75, 3.05) is 14.2 Å². The Balaban J connectivity index is 2.20. The van der Waals surface area contributed by atoms with Crippen molar-refractivity contribution in [3.8, 4) is 5.75 Å². The first-order valence-electron chi connectivity index (χ1n) is 6.02. The molecule has 94 valence electrons. The summed E-state index contributed by atoms with van der Waals surface area (Å²) in [6.07, 6.45) is 1.69. The molecule has 2 atom stereocenters. The Kier molecular flexibility index (Phi) is 3.69. The summed E-state index contributed by atoms with van der Waals surface area (Å²) >= 11 is 0. The first kappa shape index (κ1) is 12.4. The van der Waals surface area contributed by atoms with Crippen molar-refractivity contribution in [2.24, 2.45) is 5.92 Å². The van der Waals surface area contributed by atoms with Crippen LogP contribution >= 0.6 is 0 Å². The Morgan fingerprint density at radius 1 is 1.29 bits per heavy atom. The highest BCUT2D eigenvalue weighted by Crippen LogP contribution is 2.40. The summed E-state index contributed by atoms with van der Waals surface area (Å²) in [7, 11) is 3.32. The third-order valence-electron chi connectivity index (χ3n) is 3.47. The second-order valence-electron chi connectivity index (χ2n) is 4.71. The molecule has 0 bridgehead atoms. The number of aliphatic hydroxyl groups is 1. The number of aryl methyl sites for hydroxylation is 1. The van der Waals surface area contributed by atoms with Gasteiger partial charge in [-0.05, 0) is 48.9 Å². The van der Waals surface area contributed by atoms with Crippen LogP contribution in [0.4, 0.5) is 0 Å². The minimum atomic E-state index is -0.543. The fourth-order valence-corrected chi connectivity index (χ4v) is 2.29. The molecule has 0 aromatic heterocycles. The highest BCUT2D eigenvalue weighted by Gasteiger charge is 2.37. The van der Waals surface area contributed by atoms with Gasteiger partial charge >= 0.3 is 0 Å². The lowest BCUT2D eigenvalue weighted by Gasteiger charge is -2.23. The van der Waals surface area contributed by atoms with Crippen LogP contribution in [0.1, 0.15) is 30.1 Å². The van der Waals surface area contributed by atoms with Crippen LogP contribution in [-0.2, 0) is 4.74 Å². The molecule has 0 spiro atoms. The zero-order valence-corrected chi connectivity index (χ0v) is 10.6. The normalized spacial score (nSPS) is 18.8. The van der Waals surface area contributed by atoms with Gasteiger partial charge in [-0.2, -0.15) is 0 Å². The summed E-state index contributed by atoms with van der Waals surface area (Å²) in [5.41, 5.74) is 1.98. The summed E-state index contributed by atoms with van der Waals surface area (Å²) in [6.45, 7) is 1.99. The fourth-order valence-electron chi connectivity index (χ4n) is 2.29. The van der Waals surface area contributed by atoms with Crippen LogP contribution in [0.15, 0.2) is 18.2 Å². The molecule has 1 aromatic rings. The number of ether oxygens (including phenoxy) is 2. The highest BCUT2D eigenvalue weighted by atomic mass is 16.5. The van der Waals surface area contributed by atoms with Crippen LogP contribution in [0, 0.1) is 12.8 Å². The minimum absolute atomic E-state index is 0.0814. The van der Waals surface area contributed by atoms with E-state index in [-0.39, 0.29) is 6.10 Å². The molecule has 1 fully saturated rings. The summed E-state index contributed by atoms with van der Waals surface area (Å²) < 4.78 is 10.6. The average molecular weight is 236 g/mol. The van der Waals surface area contributed by atoms with E-state index in [0.717, 1.165) is 29.7 Å². The number of hydrogen-bond acceptors (Lipinski definition) is 3. The molecule has 2 unspecified atom stereocenters. The lowest BCUT2D eigenvalue weighted by Crippen LogP contribution is -2.23. The summed E-state index contributed by atoms with van der Waals surface area (Å²) in [5.74, 6) is 1.33. The average Bonchev–Trinajstić information content (AvgIpc) is 3.14. The van der Waals surface area contributed by atoms with Crippen molar-refractivity contribution < 1.29 is 14.6 Å². The third-order valence-corrected chi connectivity index (χ3v) is 3.47. The van der Waals surface area contributed by atoms with Crippen molar-refractivity contribution >= 4 is 0 Å². The quantitative estimate of drug-likeness (QED) is 0.853. The standard InChI is InChI=1S/C14H20O3/c1-9-8-11(16-2)6-7-12(9)13(15)14(17-3)10-4-5-10/h6-8,10,13-15H,4-5H2,1-3H3. The first-order chi connectivity index (χ1) is 8.17. The van der Waals surface area contributed by atoms with E-state index < -0.39 is 6.10 Å². The SMILES string of the molecule is COc1ccc(C(O)C(OC)C2CC2)c(C)c1. The lowest BCUT2D eigenvalue weighted by atomic mass is 9.97. The molecule has 0 heterocycles. The number of benzene rings is 1. The zero-order chi connectivity index (χ0) is 12.4. The van der Waals surface area contributed by atoms with Crippen molar-refractivity contribution in [3.05, 3.63) is 29.3 Å². The van der Waals surface area contributed by atoms with Gasteiger partial charge in [-0.3, -0.25) is 0 Å². The van der Waals surface area contributed by atoms with Gasteiger partial charge in [0.05, 0.1) is 13.2 Å². The van der Waals surface area contributed by atoms with Crippen LogP contribution in [0.2, 0.25) is 0 Å². The van der Waals surface area contributed by atoms with E-state index in [1.54, 1.807) is 14.2 Å². The van der Waals surface area contributed by atoms with Gasteiger partial charge in [-0.25, -0.2) is 0 Å². The number of aliphatic hydroxyl groups excluding tert-OH is 1. The van der Waals surface area contributed by atoms with Gasteiger partial charge < -0.3 is 14.6 Å². The Bertz CT molecular complexity index is 385. The van der Waals surface area contributed by atoms with E-state index in [4.69, 9.17) is 9.47 Å². The zero-order valence-electron chi connectivity index (χ0n) is 10.6. The van der Waals surface area contributed by atoms with E-state index in [1.807, 2.05) is 25.1 Å². The molecule has 3 heteroatoms. The Morgan fingerprint density at radius 2 is 2.00 bits per heavy atom. The molecular formula is C14H20O3. The van der Waals surface area contributed by atoms with Gasteiger partial charge in [0.15, 0.2) is 0 Å². The van der Waals surface area contributed by atoms with E-state index in [0.29, 0.717) is 5.92 Å². The van der Waals surface area contributed by atoms with Crippen LogP contribution in [0.25, 0.3) is 0 Å². The molecular weight excluding hydrogens is 216 g/mol. The summed E-state index contributed by atoms with van der Waals surface area (Å²) in [6, 6.07) is 5.75. The second-order valence-corrected chi connectivity index (χ2v) is 4.71. The molecule has 17 heavy (non-hydrogen) atoms. The Morgan fingerprint density at radius 3 is 2.47 bits per heavy atom. The summed E-state index contributed by atoms with van der Waals surface area (Å²) in [4.78, 5) is 0. The maximum absolute atomic E-state index is 10.4. The maximum Gasteiger partial charge on any atom is 0.119 e. The van der Waals surface area contributed by atoms with E-state index in [1.165, 1.54) is 0 Å². The first-order valence-corrected chi connectivity index (χ1v) is 6.02. The predicted molar refractivity (Wildman–Crippen MR) is 66.2 cm³/mol. The van der Waals surface area contributed by atoms with Crippen LogP contribution in [0.5, 0.6) is 5.75 Å². The lowest BCUT2D eigenvalue weighted by molar-refractivity contribution is -0.0262. The van der Waals surface area contributed by atoms with Crippen molar-refractivity contribution in [1.29, 1.82) is 0 Å². The molecule has 0 radical (unpaired) electrons. The highest BCUT2D eigenvalue weighted by molar-refractivity contribution is 5.36. The van der Waals surface area contributed by atoms with Crippen molar-refractivity contribution in [3.63, 3.8) is 0 Å². The van der Waals surface area contributed by atoms with Gasteiger partial charge in [0, 0.05) is 7.11 Å². The Hall–Kier alpha value is -1.06. The van der Waals surface area contributed by atoms with Crippen molar-refractivity contribution in [2.45, 2.75) is 32.0 Å². The van der Waals surface area contributed by atoms with Gasteiger partial charge in [0.2, 0.25) is 0 Å². The third kappa shape index (κ3) is 2.61. The number of hydrogen-bond donors (Lipinski definition) is 1. The molecule has 3 nitrogen and oxygen atoms in total. The number of rotatable bonds is 5. The van der Waals surface area contributed by atoms with Gasteiger partial charge in [-0.1, -0.05) is 6.07 Å². The maximum atomic E-state index is 10.4. The largest absolute Gasteiger partial charge is 0.497 e. The van der Waals surface area contributed by atoms with Gasteiger partial charge in [-0.15, -0.1) is 0 Å². The topological polar surface area (TPSA) is 38.7 Å².